The van der Waals surface area contributed by atoms with Crippen LogP contribution in [0.3, 0.4) is 0 Å². The molecule has 112 valence electrons. The minimum atomic E-state index is -0.981. The minimum absolute atomic E-state index is 0.241. The van der Waals surface area contributed by atoms with Gasteiger partial charge in [-0.1, -0.05) is 25.5 Å². The Kier molecular flexibility index (Phi) is 5.27. The summed E-state index contributed by atoms with van der Waals surface area (Å²) in [5.41, 5.74) is 0.937. The molecule has 2 rings (SSSR count). The molecule has 1 aromatic carbocycles. The van der Waals surface area contributed by atoms with Crippen LogP contribution in [-0.2, 0) is 16.0 Å². The lowest BCUT2D eigenvalue weighted by Crippen LogP contribution is -2.40. The summed E-state index contributed by atoms with van der Waals surface area (Å²) in [6, 6.07) is 7.04. The maximum Gasteiger partial charge on any atom is 0.326 e. The van der Waals surface area contributed by atoms with Crippen LogP contribution < -0.4 is 5.32 Å². The number of carboxylic acid groups (broad SMARTS) is 1. The average Bonchev–Trinajstić information content (AvgIpc) is 2.87. The van der Waals surface area contributed by atoms with Crippen molar-refractivity contribution in [2.75, 3.05) is 0 Å². The number of amides is 1. The van der Waals surface area contributed by atoms with E-state index in [2.05, 4.69) is 10.3 Å². The van der Waals surface area contributed by atoms with E-state index in [1.807, 2.05) is 31.2 Å². The van der Waals surface area contributed by atoms with E-state index in [1.165, 1.54) is 0 Å². The summed E-state index contributed by atoms with van der Waals surface area (Å²) in [4.78, 5) is 27.3. The molecule has 0 unspecified atom stereocenters. The minimum Gasteiger partial charge on any atom is -0.480 e. The van der Waals surface area contributed by atoms with E-state index in [1.54, 1.807) is 11.3 Å². The number of rotatable bonds is 7. The van der Waals surface area contributed by atoms with Gasteiger partial charge in [0.2, 0.25) is 5.91 Å². The van der Waals surface area contributed by atoms with Crippen molar-refractivity contribution in [3.05, 3.63) is 29.3 Å². The first kappa shape index (κ1) is 15.4. The number of aliphatic carboxylic acids is 1. The van der Waals surface area contributed by atoms with Gasteiger partial charge in [-0.3, -0.25) is 4.79 Å². The van der Waals surface area contributed by atoms with Crippen molar-refractivity contribution in [3.8, 4) is 0 Å². The smallest absolute Gasteiger partial charge is 0.326 e. The van der Waals surface area contributed by atoms with Gasteiger partial charge in [-0.15, -0.1) is 11.3 Å². The van der Waals surface area contributed by atoms with E-state index in [0.717, 1.165) is 21.6 Å². The zero-order chi connectivity index (χ0) is 15.2. The van der Waals surface area contributed by atoms with Gasteiger partial charge in [0.25, 0.3) is 0 Å². The molecule has 0 spiro atoms. The molecule has 0 bridgehead atoms. The van der Waals surface area contributed by atoms with E-state index in [9.17, 15) is 9.59 Å². The summed E-state index contributed by atoms with van der Waals surface area (Å²) in [6.07, 6.45) is 1.95. The second kappa shape index (κ2) is 7.17. The van der Waals surface area contributed by atoms with Crippen LogP contribution in [0.15, 0.2) is 24.3 Å². The molecule has 0 saturated heterocycles. The van der Waals surface area contributed by atoms with Gasteiger partial charge in [0.1, 0.15) is 6.04 Å². The molecular weight excluding hydrogens is 288 g/mol. The van der Waals surface area contributed by atoms with Crippen molar-refractivity contribution in [2.24, 2.45) is 0 Å². The molecule has 0 fully saturated rings. The summed E-state index contributed by atoms with van der Waals surface area (Å²) in [7, 11) is 0. The lowest BCUT2D eigenvalue weighted by Gasteiger charge is -2.12. The van der Waals surface area contributed by atoms with Crippen molar-refractivity contribution < 1.29 is 14.7 Å². The first-order valence-corrected chi connectivity index (χ1v) is 7.78. The highest BCUT2D eigenvalue weighted by Gasteiger charge is 2.18. The summed E-state index contributed by atoms with van der Waals surface area (Å²) >= 11 is 1.57. The first-order valence-electron chi connectivity index (χ1n) is 6.96. The molecular formula is C15H18N2O3S. The Labute approximate surface area is 127 Å². The highest BCUT2D eigenvalue weighted by molar-refractivity contribution is 7.18. The van der Waals surface area contributed by atoms with Gasteiger partial charge < -0.3 is 10.4 Å². The van der Waals surface area contributed by atoms with Gasteiger partial charge in [-0.05, 0) is 18.6 Å². The summed E-state index contributed by atoms with van der Waals surface area (Å²) in [5, 5.41) is 12.5. The van der Waals surface area contributed by atoms with Crippen LogP contribution >= 0.6 is 11.3 Å². The Morgan fingerprint density at radius 2 is 2.14 bits per heavy atom. The van der Waals surface area contributed by atoms with E-state index in [-0.39, 0.29) is 12.3 Å². The summed E-state index contributed by atoms with van der Waals surface area (Å²) < 4.78 is 1.10. The molecule has 0 aliphatic rings. The Bertz CT molecular complexity index is 606. The van der Waals surface area contributed by atoms with Crippen LogP contribution in [0.1, 0.15) is 31.2 Å². The molecule has 1 amide bonds. The molecule has 2 aromatic rings. The lowest BCUT2D eigenvalue weighted by molar-refractivity contribution is -0.142. The van der Waals surface area contributed by atoms with Gasteiger partial charge in [-0.25, -0.2) is 9.78 Å². The zero-order valence-electron chi connectivity index (χ0n) is 11.8. The van der Waals surface area contributed by atoms with Crippen LogP contribution in [0, 0.1) is 0 Å². The Balaban J connectivity index is 1.89. The van der Waals surface area contributed by atoms with Crippen LogP contribution in [0.2, 0.25) is 0 Å². The predicted molar refractivity (Wildman–Crippen MR) is 82.4 cm³/mol. The molecule has 1 atom stereocenters. The number of para-hydroxylation sites is 1. The third-order valence-corrected chi connectivity index (χ3v) is 4.21. The number of thiazole rings is 1. The number of fused-ring (bicyclic) bond motifs is 1. The number of aromatic nitrogens is 1. The van der Waals surface area contributed by atoms with Crippen molar-refractivity contribution in [1.29, 1.82) is 0 Å². The highest BCUT2D eigenvalue weighted by atomic mass is 32.1. The highest BCUT2D eigenvalue weighted by Crippen LogP contribution is 2.22. The van der Waals surface area contributed by atoms with Gasteiger partial charge in [0.15, 0.2) is 0 Å². The van der Waals surface area contributed by atoms with Gasteiger partial charge in [0.05, 0.1) is 15.2 Å². The molecule has 1 aromatic heterocycles. The normalized spacial score (nSPS) is 12.2. The lowest BCUT2D eigenvalue weighted by atomic mass is 10.1. The molecule has 21 heavy (non-hydrogen) atoms. The third-order valence-electron chi connectivity index (χ3n) is 3.11. The number of nitrogens with one attached hydrogen (secondary N) is 1. The molecule has 6 heteroatoms. The maximum absolute atomic E-state index is 11.8. The van der Waals surface area contributed by atoms with Crippen molar-refractivity contribution in [1.82, 2.24) is 10.3 Å². The summed E-state index contributed by atoms with van der Waals surface area (Å²) in [6.45, 7) is 1.89. The fourth-order valence-corrected chi connectivity index (χ4v) is 3.03. The average molecular weight is 306 g/mol. The SMILES string of the molecule is CCC[C@@H](NC(=O)CCc1nc2ccccc2s1)C(=O)O. The number of carbonyl (C=O) groups excluding carboxylic acids is 1. The first-order chi connectivity index (χ1) is 10.1. The number of hydrogen-bond donors (Lipinski definition) is 2. The predicted octanol–water partition coefficient (Wildman–Crippen LogP) is 2.60. The van der Waals surface area contributed by atoms with Crippen LogP contribution in [-0.4, -0.2) is 28.0 Å². The van der Waals surface area contributed by atoms with E-state index >= 15 is 0 Å². The number of benzene rings is 1. The topological polar surface area (TPSA) is 79.3 Å². The van der Waals surface area contributed by atoms with Crippen molar-refractivity contribution in [2.45, 2.75) is 38.6 Å². The van der Waals surface area contributed by atoms with Gasteiger partial charge >= 0.3 is 5.97 Å². The molecule has 5 nitrogen and oxygen atoms in total. The molecule has 0 saturated carbocycles. The van der Waals surface area contributed by atoms with E-state index in [0.29, 0.717) is 12.8 Å². The van der Waals surface area contributed by atoms with Crippen LogP contribution in [0.5, 0.6) is 0 Å². The Hall–Kier alpha value is -1.95. The number of carbonyl (C=O) groups is 2. The molecule has 0 radical (unpaired) electrons. The van der Waals surface area contributed by atoms with Gasteiger partial charge in [0, 0.05) is 12.8 Å². The van der Waals surface area contributed by atoms with Crippen molar-refractivity contribution in [3.63, 3.8) is 0 Å². The molecule has 0 aliphatic heterocycles. The summed E-state index contributed by atoms with van der Waals surface area (Å²) in [5.74, 6) is -1.22. The second-order valence-corrected chi connectivity index (χ2v) is 5.94. The number of aryl methyl sites for hydroxylation is 1. The molecule has 1 heterocycles. The van der Waals surface area contributed by atoms with Gasteiger partial charge in [-0.2, -0.15) is 0 Å². The fourth-order valence-electron chi connectivity index (χ4n) is 2.06. The maximum atomic E-state index is 11.8. The molecule has 2 N–H and O–H groups in total. The fraction of sp³-hybridized carbons (Fsp3) is 0.400. The standard InChI is InChI=1S/C15H18N2O3S/c1-2-5-11(15(19)20)16-13(18)8-9-14-17-10-6-3-4-7-12(10)21-14/h3-4,6-7,11H,2,5,8-9H2,1H3,(H,16,18)(H,19,20)/t11-/m1/s1. The molecule has 0 aliphatic carbocycles. The van der Waals surface area contributed by atoms with Crippen molar-refractivity contribution >= 4 is 33.4 Å². The second-order valence-electron chi connectivity index (χ2n) is 4.82. The third kappa shape index (κ3) is 4.26. The quantitative estimate of drug-likeness (QED) is 0.824. The van der Waals surface area contributed by atoms with E-state index in [4.69, 9.17) is 5.11 Å². The zero-order valence-corrected chi connectivity index (χ0v) is 12.7. The number of carboxylic acids is 1. The monoisotopic (exact) mass is 306 g/mol. The number of hydrogen-bond acceptors (Lipinski definition) is 4. The van der Waals surface area contributed by atoms with Crippen LogP contribution in [0.4, 0.5) is 0 Å². The largest absolute Gasteiger partial charge is 0.480 e. The Morgan fingerprint density at radius 3 is 2.81 bits per heavy atom. The van der Waals surface area contributed by atoms with Crippen LogP contribution in [0.25, 0.3) is 10.2 Å². The Morgan fingerprint density at radius 1 is 1.38 bits per heavy atom. The number of nitrogens with zero attached hydrogens (tertiary/aromatic N) is 1. The van der Waals surface area contributed by atoms with E-state index < -0.39 is 12.0 Å².